The van der Waals surface area contributed by atoms with Crippen molar-refractivity contribution in [3.8, 4) is 5.75 Å². The van der Waals surface area contributed by atoms with Gasteiger partial charge in [0.05, 0.1) is 6.61 Å². The van der Waals surface area contributed by atoms with Crippen molar-refractivity contribution in [3.05, 3.63) is 23.8 Å². The second kappa shape index (κ2) is 6.34. The van der Waals surface area contributed by atoms with Gasteiger partial charge in [-0.2, -0.15) is 0 Å². The topological polar surface area (TPSA) is 24.5 Å². The first kappa shape index (κ1) is 14.4. The average Bonchev–Trinajstić information content (AvgIpc) is 2.77. The van der Waals surface area contributed by atoms with Gasteiger partial charge in [0.1, 0.15) is 5.75 Å². The number of piperazine rings is 1. The summed E-state index contributed by atoms with van der Waals surface area (Å²) in [4.78, 5) is 2.44. The van der Waals surface area contributed by atoms with Crippen LogP contribution in [0, 0.1) is 0 Å². The zero-order chi connectivity index (χ0) is 10.1. The number of nitrogens with zero attached hydrogens (tertiary/aromatic N) is 1. The van der Waals surface area contributed by atoms with Crippen molar-refractivity contribution in [2.24, 2.45) is 0 Å². The van der Waals surface area contributed by atoms with E-state index in [-0.39, 0.29) is 24.8 Å². The average molecular weight is 277 g/mol. The molecule has 0 spiro atoms. The Morgan fingerprint density at radius 3 is 2.65 bits per heavy atom. The molecule has 1 aromatic carbocycles. The minimum Gasteiger partial charge on any atom is -0.493 e. The van der Waals surface area contributed by atoms with E-state index in [4.69, 9.17) is 4.74 Å². The van der Waals surface area contributed by atoms with Crippen LogP contribution in [0.3, 0.4) is 0 Å². The minimum absolute atomic E-state index is 0. The SMILES string of the molecule is Cl.Cl.c1cc2c(cc1N1CCNCC1)CCO2. The van der Waals surface area contributed by atoms with Crippen molar-refractivity contribution < 1.29 is 4.74 Å². The molecule has 0 radical (unpaired) electrons. The molecular formula is C12H18Cl2N2O. The molecular weight excluding hydrogens is 259 g/mol. The van der Waals surface area contributed by atoms with Crippen molar-refractivity contribution in [1.29, 1.82) is 0 Å². The van der Waals surface area contributed by atoms with E-state index < -0.39 is 0 Å². The van der Waals surface area contributed by atoms with Crippen LogP contribution in [0.1, 0.15) is 5.56 Å². The molecule has 1 aromatic rings. The first-order valence-electron chi connectivity index (χ1n) is 5.65. The number of ether oxygens (including phenoxy) is 1. The third-order valence-corrected chi connectivity index (χ3v) is 3.16. The molecule has 0 aliphatic carbocycles. The first-order valence-corrected chi connectivity index (χ1v) is 5.65. The van der Waals surface area contributed by atoms with Crippen LogP contribution in [0.4, 0.5) is 5.69 Å². The monoisotopic (exact) mass is 276 g/mol. The van der Waals surface area contributed by atoms with Crippen LogP contribution in [0.2, 0.25) is 0 Å². The number of benzene rings is 1. The Bertz CT molecular complexity index is 368. The van der Waals surface area contributed by atoms with E-state index in [1.54, 1.807) is 0 Å². The zero-order valence-corrected chi connectivity index (χ0v) is 11.3. The Kier molecular flexibility index (Phi) is 5.37. The van der Waals surface area contributed by atoms with Crippen molar-refractivity contribution in [1.82, 2.24) is 5.32 Å². The van der Waals surface area contributed by atoms with Crippen LogP contribution in [0.25, 0.3) is 0 Å². The van der Waals surface area contributed by atoms with Crippen molar-refractivity contribution in [2.75, 3.05) is 37.7 Å². The molecule has 0 bridgehead atoms. The summed E-state index contributed by atoms with van der Waals surface area (Å²) in [5.74, 6) is 1.08. The van der Waals surface area contributed by atoms with Gasteiger partial charge in [-0.3, -0.25) is 0 Å². The molecule has 0 saturated carbocycles. The van der Waals surface area contributed by atoms with Crippen LogP contribution >= 0.6 is 24.8 Å². The lowest BCUT2D eigenvalue weighted by atomic mass is 10.1. The second-order valence-electron chi connectivity index (χ2n) is 4.13. The summed E-state index contributed by atoms with van der Waals surface area (Å²) < 4.78 is 5.51. The molecule has 0 aromatic heterocycles. The highest BCUT2D eigenvalue weighted by Gasteiger charge is 2.15. The van der Waals surface area contributed by atoms with Gasteiger partial charge in [0.2, 0.25) is 0 Å². The van der Waals surface area contributed by atoms with E-state index in [1.165, 1.54) is 11.3 Å². The maximum Gasteiger partial charge on any atom is 0.122 e. The number of hydrogen-bond donors (Lipinski definition) is 1. The minimum atomic E-state index is 0. The summed E-state index contributed by atoms with van der Waals surface area (Å²) in [5.41, 5.74) is 2.71. The molecule has 3 nitrogen and oxygen atoms in total. The first-order chi connectivity index (χ1) is 7.43. The molecule has 17 heavy (non-hydrogen) atoms. The number of fused-ring (bicyclic) bond motifs is 1. The highest BCUT2D eigenvalue weighted by Crippen LogP contribution is 2.29. The van der Waals surface area contributed by atoms with Crippen molar-refractivity contribution in [3.63, 3.8) is 0 Å². The Morgan fingerprint density at radius 2 is 1.88 bits per heavy atom. The Labute approximate surface area is 114 Å². The third kappa shape index (κ3) is 2.97. The Morgan fingerprint density at radius 1 is 1.12 bits per heavy atom. The van der Waals surface area contributed by atoms with E-state index >= 15 is 0 Å². The Hall–Kier alpha value is -0.640. The molecule has 1 saturated heterocycles. The number of rotatable bonds is 1. The Balaban J connectivity index is 0.000000722. The van der Waals surface area contributed by atoms with Gasteiger partial charge in [-0.05, 0) is 23.8 Å². The summed E-state index contributed by atoms with van der Waals surface area (Å²) in [6.07, 6.45) is 1.06. The zero-order valence-electron chi connectivity index (χ0n) is 9.65. The molecule has 1 N–H and O–H groups in total. The number of hydrogen-bond acceptors (Lipinski definition) is 3. The van der Waals surface area contributed by atoms with Gasteiger partial charge < -0.3 is 15.0 Å². The van der Waals surface area contributed by atoms with Crippen LogP contribution in [0.15, 0.2) is 18.2 Å². The highest BCUT2D eigenvalue weighted by molar-refractivity contribution is 5.85. The molecule has 2 heterocycles. The van der Waals surface area contributed by atoms with Gasteiger partial charge in [0.15, 0.2) is 0 Å². The van der Waals surface area contributed by atoms with E-state index in [0.29, 0.717) is 0 Å². The van der Waals surface area contributed by atoms with Gasteiger partial charge in [0, 0.05) is 38.3 Å². The quantitative estimate of drug-likeness (QED) is 0.848. The lowest BCUT2D eigenvalue weighted by molar-refractivity contribution is 0.357. The lowest BCUT2D eigenvalue weighted by Gasteiger charge is -2.29. The molecule has 0 atom stereocenters. The summed E-state index contributed by atoms with van der Waals surface area (Å²) in [6, 6.07) is 6.57. The predicted molar refractivity (Wildman–Crippen MR) is 75.2 cm³/mol. The maximum atomic E-state index is 5.51. The van der Waals surface area contributed by atoms with E-state index in [1.807, 2.05) is 0 Å². The van der Waals surface area contributed by atoms with E-state index in [2.05, 4.69) is 28.4 Å². The number of halogens is 2. The molecule has 1 fully saturated rings. The second-order valence-corrected chi connectivity index (χ2v) is 4.13. The fraction of sp³-hybridized carbons (Fsp3) is 0.500. The fourth-order valence-electron chi connectivity index (χ4n) is 2.29. The van der Waals surface area contributed by atoms with Gasteiger partial charge in [0.25, 0.3) is 0 Å². The van der Waals surface area contributed by atoms with Gasteiger partial charge in [-0.25, -0.2) is 0 Å². The molecule has 96 valence electrons. The predicted octanol–water partition coefficient (Wildman–Crippen LogP) is 1.87. The largest absolute Gasteiger partial charge is 0.493 e. The lowest BCUT2D eigenvalue weighted by Crippen LogP contribution is -2.43. The number of nitrogens with one attached hydrogen (secondary N) is 1. The van der Waals surface area contributed by atoms with Gasteiger partial charge >= 0.3 is 0 Å². The molecule has 0 unspecified atom stereocenters. The van der Waals surface area contributed by atoms with Crippen molar-refractivity contribution >= 4 is 30.5 Å². The third-order valence-electron chi connectivity index (χ3n) is 3.16. The van der Waals surface area contributed by atoms with Crippen molar-refractivity contribution in [2.45, 2.75) is 6.42 Å². The van der Waals surface area contributed by atoms with Crippen LogP contribution in [-0.2, 0) is 6.42 Å². The molecule has 0 amide bonds. The molecule has 2 aliphatic heterocycles. The van der Waals surface area contributed by atoms with E-state index in [9.17, 15) is 0 Å². The van der Waals surface area contributed by atoms with Crippen LogP contribution in [-0.4, -0.2) is 32.8 Å². The highest BCUT2D eigenvalue weighted by atomic mass is 35.5. The summed E-state index contributed by atoms with van der Waals surface area (Å²) in [5, 5.41) is 3.37. The smallest absolute Gasteiger partial charge is 0.122 e. The van der Waals surface area contributed by atoms with Gasteiger partial charge in [-0.1, -0.05) is 0 Å². The number of anilines is 1. The van der Waals surface area contributed by atoms with Crippen LogP contribution < -0.4 is 15.0 Å². The maximum absolute atomic E-state index is 5.51. The molecule has 5 heteroatoms. The summed E-state index contributed by atoms with van der Waals surface area (Å²) in [7, 11) is 0. The standard InChI is InChI=1S/C12H16N2O.2ClH/c1-2-12-10(3-8-15-12)9-11(1)14-6-4-13-5-7-14;;/h1-2,9,13H,3-8H2;2*1H. The molecule has 3 rings (SSSR count). The normalized spacial score (nSPS) is 17.5. The molecule has 2 aliphatic rings. The van der Waals surface area contributed by atoms with Crippen LogP contribution in [0.5, 0.6) is 5.75 Å². The fourth-order valence-corrected chi connectivity index (χ4v) is 2.29. The summed E-state index contributed by atoms with van der Waals surface area (Å²) >= 11 is 0. The summed E-state index contributed by atoms with van der Waals surface area (Å²) in [6.45, 7) is 5.25. The van der Waals surface area contributed by atoms with E-state index in [0.717, 1.165) is 45.0 Å². The van der Waals surface area contributed by atoms with Gasteiger partial charge in [-0.15, -0.1) is 24.8 Å².